The van der Waals surface area contributed by atoms with Crippen LogP contribution >= 0.6 is 0 Å². The number of ether oxygens (including phenoxy) is 1. The van der Waals surface area contributed by atoms with Gasteiger partial charge in [-0.25, -0.2) is 0 Å². The Hall–Kier alpha value is -2.49. The molecule has 4 heteroatoms. The molecule has 4 nitrogen and oxygen atoms in total. The summed E-state index contributed by atoms with van der Waals surface area (Å²) in [6.45, 7) is 7.97. The number of para-hydroxylation sites is 2. The van der Waals surface area contributed by atoms with Crippen LogP contribution < -0.4 is 14.5 Å². The molecule has 0 aliphatic heterocycles. The number of nitrogens with one attached hydrogen (secondary N) is 1. The van der Waals surface area contributed by atoms with Crippen molar-refractivity contribution in [3.05, 3.63) is 53.1 Å². The van der Waals surface area contributed by atoms with E-state index in [4.69, 9.17) is 10.1 Å². The lowest BCUT2D eigenvalue weighted by molar-refractivity contribution is 0.415. The molecule has 0 radical (unpaired) electrons. The average molecular weight is 325 g/mol. The van der Waals surface area contributed by atoms with Crippen molar-refractivity contribution in [2.45, 2.75) is 20.8 Å². The van der Waals surface area contributed by atoms with Gasteiger partial charge >= 0.3 is 0 Å². The maximum Gasteiger partial charge on any atom is 0.142 e. The van der Waals surface area contributed by atoms with Crippen LogP contribution in [0.2, 0.25) is 0 Å². The smallest absolute Gasteiger partial charge is 0.142 e. The van der Waals surface area contributed by atoms with Gasteiger partial charge in [-0.15, -0.1) is 0 Å². The molecule has 0 spiro atoms. The van der Waals surface area contributed by atoms with Crippen LogP contribution in [-0.4, -0.2) is 33.6 Å². The molecule has 0 aromatic heterocycles. The predicted molar refractivity (Wildman–Crippen MR) is 103 cm³/mol. The summed E-state index contributed by atoms with van der Waals surface area (Å²) in [7, 11) is 3.77. The normalized spacial score (nSPS) is 10.4. The zero-order valence-corrected chi connectivity index (χ0v) is 15.3. The molecule has 0 unspecified atom stereocenters. The van der Waals surface area contributed by atoms with Gasteiger partial charge in [0.05, 0.1) is 19.1 Å². The Morgan fingerprint density at radius 1 is 1.04 bits per heavy atom. The fourth-order valence-electron chi connectivity index (χ4n) is 3.27. The monoisotopic (exact) mass is 325 g/mol. The Labute approximate surface area is 145 Å². The van der Waals surface area contributed by atoms with Crippen molar-refractivity contribution >= 4 is 17.7 Å². The first-order valence-electron chi connectivity index (χ1n) is 8.17. The number of hydrogen-bond donors (Lipinski definition) is 1. The van der Waals surface area contributed by atoms with E-state index in [1.165, 1.54) is 28.7 Å². The zero-order valence-electron chi connectivity index (χ0n) is 15.3. The summed E-state index contributed by atoms with van der Waals surface area (Å²) < 4.78 is 5.41. The summed E-state index contributed by atoms with van der Waals surface area (Å²) in [5.41, 5.74) is 6.05. The molecule has 0 atom stereocenters. The summed E-state index contributed by atoms with van der Waals surface area (Å²) in [6, 6.07) is 12.2. The van der Waals surface area contributed by atoms with Crippen LogP contribution in [0.4, 0.5) is 11.4 Å². The number of methoxy groups -OCH3 is 1. The zero-order chi connectivity index (χ0) is 17.7. The number of likely N-dealkylation sites (N-methyl/N-ethyl adjacent to an activating group) is 1. The van der Waals surface area contributed by atoms with Crippen molar-refractivity contribution in [3.63, 3.8) is 0 Å². The van der Waals surface area contributed by atoms with Gasteiger partial charge in [0.2, 0.25) is 0 Å². The van der Waals surface area contributed by atoms with Crippen LogP contribution in [0.1, 0.15) is 16.7 Å². The van der Waals surface area contributed by atoms with Crippen molar-refractivity contribution in [3.8, 4) is 5.75 Å². The Morgan fingerprint density at radius 2 is 1.67 bits per heavy atom. The van der Waals surface area contributed by atoms with Gasteiger partial charge in [-0.05, 0) is 44.0 Å². The van der Waals surface area contributed by atoms with Crippen LogP contribution in [0.3, 0.4) is 0 Å². The Bertz CT molecular complexity index is 689. The van der Waals surface area contributed by atoms with Crippen molar-refractivity contribution in [1.82, 2.24) is 0 Å². The minimum atomic E-state index is 0.715. The van der Waals surface area contributed by atoms with E-state index in [9.17, 15) is 0 Å². The van der Waals surface area contributed by atoms with E-state index in [0.717, 1.165) is 18.0 Å². The van der Waals surface area contributed by atoms with Gasteiger partial charge in [0, 0.05) is 25.8 Å². The van der Waals surface area contributed by atoms with Crippen LogP contribution in [0.5, 0.6) is 5.75 Å². The van der Waals surface area contributed by atoms with E-state index >= 15 is 0 Å². The molecular weight excluding hydrogens is 298 g/mol. The fraction of sp³-hybridized carbons (Fsp3) is 0.350. The fourth-order valence-corrected chi connectivity index (χ4v) is 3.27. The molecule has 1 N–H and O–H groups in total. The first-order valence-corrected chi connectivity index (χ1v) is 8.17. The van der Waals surface area contributed by atoms with E-state index in [0.29, 0.717) is 6.54 Å². The molecule has 0 saturated heterocycles. The molecule has 0 aliphatic rings. The van der Waals surface area contributed by atoms with E-state index in [1.54, 1.807) is 7.11 Å². The molecule has 2 rings (SSSR count). The van der Waals surface area contributed by atoms with Crippen molar-refractivity contribution in [2.75, 3.05) is 37.0 Å². The second-order valence-corrected chi connectivity index (χ2v) is 6.16. The van der Waals surface area contributed by atoms with Crippen molar-refractivity contribution < 1.29 is 4.74 Å². The first-order chi connectivity index (χ1) is 11.5. The average Bonchev–Trinajstić information content (AvgIpc) is 2.54. The molecule has 24 heavy (non-hydrogen) atoms. The van der Waals surface area contributed by atoms with Crippen LogP contribution in [0, 0.1) is 26.2 Å². The number of hydrogen-bond acceptors (Lipinski definition) is 3. The molecule has 0 bridgehead atoms. The summed E-state index contributed by atoms with van der Waals surface area (Å²) in [4.78, 5) is 4.17. The second-order valence-electron chi connectivity index (χ2n) is 6.16. The highest BCUT2D eigenvalue weighted by atomic mass is 16.5. The lowest BCUT2D eigenvalue weighted by atomic mass is 10.0. The van der Waals surface area contributed by atoms with Crippen molar-refractivity contribution in [1.29, 1.82) is 5.41 Å². The van der Waals surface area contributed by atoms with Gasteiger partial charge in [-0.1, -0.05) is 29.8 Å². The van der Waals surface area contributed by atoms with Crippen LogP contribution in [0.15, 0.2) is 36.4 Å². The molecule has 0 fully saturated rings. The summed E-state index contributed by atoms with van der Waals surface area (Å²) in [5.74, 6) is 0.784. The minimum absolute atomic E-state index is 0.715. The summed E-state index contributed by atoms with van der Waals surface area (Å²) in [5, 5.41) is 7.76. The summed E-state index contributed by atoms with van der Waals surface area (Å²) in [6.07, 6.45) is 1.36. The highest BCUT2D eigenvalue weighted by Crippen LogP contribution is 2.28. The molecule has 2 aromatic carbocycles. The third kappa shape index (κ3) is 3.88. The highest BCUT2D eigenvalue weighted by molar-refractivity contribution is 5.80. The van der Waals surface area contributed by atoms with Gasteiger partial charge in [-0.3, -0.25) is 5.41 Å². The molecule has 2 aromatic rings. The first kappa shape index (κ1) is 17.9. The Morgan fingerprint density at radius 3 is 2.25 bits per heavy atom. The van der Waals surface area contributed by atoms with Crippen molar-refractivity contribution in [2.24, 2.45) is 0 Å². The number of anilines is 2. The molecule has 0 saturated carbocycles. The SMILES string of the molecule is COc1ccccc1N(C=N)CCN(C)c1c(C)cc(C)cc1C. The van der Waals surface area contributed by atoms with Gasteiger partial charge < -0.3 is 14.5 Å². The van der Waals surface area contributed by atoms with Crippen LogP contribution in [0.25, 0.3) is 0 Å². The molecule has 0 aliphatic carbocycles. The topological polar surface area (TPSA) is 39.6 Å². The Kier molecular flexibility index (Phi) is 5.85. The van der Waals surface area contributed by atoms with E-state index < -0.39 is 0 Å². The maximum absolute atomic E-state index is 7.76. The second kappa shape index (κ2) is 7.86. The van der Waals surface area contributed by atoms with Crippen LogP contribution in [-0.2, 0) is 0 Å². The third-order valence-corrected chi connectivity index (χ3v) is 4.24. The van der Waals surface area contributed by atoms with E-state index in [2.05, 4.69) is 44.9 Å². The van der Waals surface area contributed by atoms with E-state index in [-0.39, 0.29) is 0 Å². The minimum Gasteiger partial charge on any atom is -0.495 e. The molecule has 0 amide bonds. The van der Waals surface area contributed by atoms with Gasteiger partial charge in [0.15, 0.2) is 0 Å². The maximum atomic E-state index is 7.76. The molecular formula is C20H27N3O. The Balaban J connectivity index is 2.15. The molecule has 0 heterocycles. The van der Waals surface area contributed by atoms with Gasteiger partial charge in [0.25, 0.3) is 0 Å². The number of nitrogens with zero attached hydrogens (tertiary/aromatic N) is 2. The lowest BCUT2D eigenvalue weighted by Crippen LogP contribution is -2.33. The summed E-state index contributed by atoms with van der Waals surface area (Å²) >= 11 is 0. The van der Waals surface area contributed by atoms with E-state index in [1.807, 2.05) is 29.2 Å². The highest BCUT2D eigenvalue weighted by Gasteiger charge is 2.13. The van der Waals surface area contributed by atoms with Gasteiger partial charge in [-0.2, -0.15) is 0 Å². The number of benzene rings is 2. The largest absolute Gasteiger partial charge is 0.495 e. The van der Waals surface area contributed by atoms with Gasteiger partial charge in [0.1, 0.15) is 5.75 Å². The number of aryl methyl sites for hydroxylation is 3. The quantitative estimate of drug-likeness (QED) is 0.613. The molecule has 128 valence electrons. The standard InChI is InChI=1S/C20H27N3O/c1-15-12-16(2)20(17(3)13-15)22(4)10-11-23(14-21)18-8-6-7-9-19(18)24-5/h6-9,12-14,21H,10-11H2,1-5H3. The third-order valence-electron chi connectivity index (χ3n) is 4.24. The lowest BCUT2D eigenvalue weighted by Gasteiger charge is -2.28. The predicted octanol–water partition coefficient (Wildman–Crippen LogP) is 4.17. The number of rotatable bonds is 7.